The number of carbonyl (C=O) groups excluding carboxylic acids is 1. The molecule has 8 nitrogen and oxygen atoms in total. The molecule has 9 heteroatoms. The normalized spacial score (nSPS) is 10.9. The number of aromatic carboxylic acids is 1. The van der Waals surface area contributed by atoms with Crippen LogP contribution in [-0.2, 0) is 0 Å². The van der Waals surface area contributed by atoms with Gasteiger partial charge >= 0.3 is 12.0 Å². The molecule has 0 saturated heterocycles. The largest absolute Gasteiger partial charge is 0.477 e. The van der Waals surface area contributed by atoms with E-state index in [1.165, 1.54) is 6.07 Å². The summed E-state index contributed by atoms with van der Waals surface area (Å²) in [5, 5.41) is 13.0. The standard InChI is InChI=1S/C26H17ClN4O4/c27-16-9-11-17(12-10-16)30-14-22(28-15-30)18-5-1-3-7-21(18)29-26(35)31-13-20(25(33)34)24(32)19-6-2-4-8-23(19)31/h1-15H,(H,29,35)(H,33,34). The zero-order valence-corrected chi connectivity index (χ0v) is 18.8. The topological polar surface area (TPSA) is 106 Å². The number of carboxylic acids is 1. The quantitative estimate of drug-likeness (QED) is 0.360. The third-order valence-corrected chi connectivity index (χ3v) is 5.76. The Morgan fingerprint density at radius 2 is 1.63 bits per heavy atom. The van der Waals surface area contributed by atoms with E-state index in [2.05, 4.69) is 10.3 Å². The first-order chi connectivity index (χ1) is 16.9. The molecule has 0 aliphatic heterocycles. The fourth-order valence-corrected chi connectivity index (χ4v) is 3.93. The minimum atomic E-state index is -1.41. The van der Waals surface area contributed by atoms with Crippen LogP contribution in [0.3, 0.4) is 0 Å². The van der Waals surface area contributed by atoms with Crippen LogP contribution in [0.1, 0.15) is 10.4 Å². The third kappa shape index (κ3) is 4.18. The van der Waals surface area contributed by atoms with Crippen molar-refractivity contribution in [3.63, 3.8) is 0 Å². The molecule has 0 spiro atoms. The number of pyridine rings is 1. The van der Waals surface area contributed by atoms with Crippen molar-refractivity contribution in [1.29, 1.82) is 0 Å². The van der Waals surface area contributed by atoms with Crippen molar-refractivity contribution in [1.82, 2.24) is 14.1 Å². The molecule has 2 heterocycles. The van der Waals surface area contributed by atoms with Crippen molar-refractivity contribution in [2.75, 3.05) is 5.32 Å². The second-order valence-corrected chi connectivity index (χ2v) is 8.12. The minimum absolute atomic E-state index is 0.137. The van der Waals surface area contributed by atoms with E-state index < -0.39 is 23.0 Å². The molecule has 172 valence electrons. The summed E-state index contributed by atoms with van der Waals surface area (Å²) in [6, 6.07) is 20.2. The number of amides is 1. The van der Waals surface area contributed by atoms with Crippen LogP contribution in [0.2, 0.25) is 5.02 Å². The van der Waals surface area contributed by atoms with Gasteiger partial charge in [0.05, 0.1) is 23.2 Å². The van der Waals surface area contributed by atoms with Crippen LogP contribution < -0.4 is 10.7 Å². The molecule has 0 aliphatic rings. The lowest BCUT2D eigenvalue weighted by Crippen LogP contribution is -2.25. The summed E-state index contributed by atoms with van der Waals surface area (Å²) in [4.78, 5) is 41.9. The van der Waals surface area contributed by atoms with E-state index >= 15 is 0 Å². The number of carbonyl (C=O) groups is 2. The Labute approximate surface area is 203 Å². The van der Waals surface area contributed by atoms with Crippen LogP contribution in [-0.4, -0.2) is 31.2 Å². The van der Waals surface area contributed by atoms with Gasteiger partial charge in [0.1, 0.15) is 5.56 Å². The molecule has 0 aliphatic carbocycles. The fraction of sp³-hybridized carbons (Fsp3) is 0. The van der Waals surface area contributed by atoms with E-state index in [0.29, 0.717) is 27.5 Å². The smallest absolute Gasteiger partial charge is 0.341 e. The Balaban J connectivity index is 1.53. The van der Waals surface area contributed by atoms with Crippen molar-refractivity contribution in [2.24, 2.45) is 0 Å². The molecule has 0 fully saturated rings. The van der Waals surface area contributed by atoms with Crippen LogP contribution in [0.25, 0.3) is 27.8 Å². The second-order valence-electron chi connectivity index (χ2n) is 7.68. The van der Waals surface area contributed by atoms with Crippen LogP contribution in [0.4, 0.5) is 10.5 Å². The highest BCUT2D eigenvalue weighted by Crippen LogP contribution is 2.28. The average Bonchev–Trinajstić information content (AvgIpc) is 3.35. The summed E-state index contributed by atoms with van der Waals surface area (Å²) in [6.45, 7) is 0. The van der Waals surface area contributed by atoms with E-state index in [1.54, 1.807) is 48.8 Å². The number of imidazole rings is 1. The number of para-hydroxylation sites is 2. The number of nitrogens with one attached hydrogen (secondary N) is 1. The van der Waals surface area contributed by atoms with Gasteiger partial charge in [-0.05, 0) is 42.5 Å². The molecule has 0 atom stereocenters. The molecule has 0 bridgehead atoms. The number of aromatic nitrogens is 3. The van der Waals surface area contributed by atoms with Crippen LogP contribution in [0.15, 0.2) is 96.3 Å². The zero-order valence-electron chi connectivity index (χ0n) is 18.1. The summed E-state index contributed by atoms with van der Waals surface area (Å²) in [5.74, 6) is -1.41. The van der Waals surface area contributed by atoms with E-state index in [0.717, 1.165) is 16.5 Å². The first kappa shape index (κ1) is 22.1. The molecule has 1 amide bonds. The highest BCUT2D eigenvalue weighted by molar-refractivity contribution is 6.30. The molecule has 0 radical (unpaired) electrons. The maximum atomic E-state index is 13.3. The monoisotopic (exact) mass is 484 g/mol. The van der Waals surface area contributed by atoms with Crippen molar-refractivity contribution < 1.29 is 14.7 Å². The van der Waals surface area contributed by atoms with Crippen molar-refractivity contribution in [3.8, 4) is 16.9 Å². The average molecular weight is 485 g/mol. The number of fused-ring (bicyclic) bond motifs is 1. The molecule has 5 aromatic rings. The molecular weight excluding hydrogens is 468 g/mol. The molecule has 3 aromatic carbocycles. The van der Waals surface area contributed by atoms with Crippen LogP contribution in [0.5, 0.6) is 0 Å². The highest BCUT2D eigenvalue weighted by Gasteiger charge is 2.18. The Hall–Kier alpha value is -4.69. The van der Waals surface area contributed by atoms with E-state index in [4.69, 9.17) is 11.6 Å². The number of hydrogen-bond donors (Lipinski definition) is 2. The fourth-order valence-electron chi connectivity index (χ4n) is 3.81. The second kappa shape index (κ2) is 8.92. The van der Waals surface area contributed by atoms with Crippen molar-refractivity contribution in [3.05, 3.63) is 112 Å². The Bertz CT molecular complexity index is 1650. The molecule has 2 aromatic heterocycles. The summed E-state index contributed by atoms with van der Waals surface area (Å²) < 4.78 is 2.96. The van der Waals surface area contributed by atoms with Crippen LogP contribution in [0, 0.1) is 0 Å². The summed E-state index contributed by atoms with van der Waals surface area (Å²) >= 11 is 5.98. The minimum Gasteiger partial charge on any atom is -0.477 e. The Morgan fingerprint density at radius 3 is 2.40 bits per heavy atom. The maximum absolute atomic E-state index is 13.3. The van der Waals surface area contributed by atoms with Gasteiger partial charge in [0.2, 0.25) is 5.43 Å². The van der Waals surface area contributed by atoms with E-state index in [-0.39, 0.29) is 5.39 Å². The zero-order chi connectivity index (χ0) is 24.5. The predicted molar refractivity (Wildman–Crippen MR) is 134 cm³/mol. The van der Waals surface area contributed by atoms with E-state index in [1.807, 2.05) is 35.0 Å². The van der Waals surface area contributed by atoms with E-state index in [9.17, 15) is 19.5 Å². The number of benzene rings is 3. The number of anilines is 1. The summed E-state index contributed by atoms with van der Waals surface area (Å²) in [5.41, 5.74) is 1.78. The van der Waals surface area contributed by atoms with Gasteiger partial charge in [0.15, 0.2) is 0 Å². The Morgan fingerprint density at radius 1 is 0.914 bits per heavy atom. The van der Waals surface area contributed by atoms with Gasteiger partial charge in [0, 0.05) is 34.1 Å². The first-order valence-corrected chi connectivity index (χ1v) is 10.9. The molecule has 5 rings (SSSR count). The number of carboxylic acid groups (broad SMARTS) is 1. The van der Waals surface area contributed by atoms with Crippen molar-refractivity contribution in [2.45, 2.75) is 0 Å². The SMILES string of the molecule is O=C(O)c1cn(C(=O)Nc2ccccc2-c2cn(-c3ccc(Cl)cc3)cn2)c2ccccc2c1=O. The molecule has 0 unspecified atom stereocenters. The van der Waals surface area contributed by atoms with Crippen LogP contribution >= 0.6 is 11.6 Å². The van der Waals surface area contributed by atoms with Gasteiger partial charge in [-0.3, -0.25) is 9.36 Å². The van der Waals surface area contributed by atoms with Gasteiger partial charge in [-0.1, -0.05) is 41.9 Å². The number of hydrogen-bond acceptors (Lipinski definition) is 4. The molecule has 2 N–H and O–H groups in total. The van der Waals surface area contributed by atoms with Crippen molar-refractivity contribution >= 4 is 40.2 Å². The van der Waals surface area contributed by atoms with Gasteiger partial charge in [-0.25, -0.2) is 14.6 Å². The predicted octanol–water partition coefficient (Wildman–Crippen LogP) is 5.29. The molecular formula is C26H17ClN4O4. The Kier molecular flexibility index (Phi) is 5.64. The molecule has 0 saturated carbocycles. The van der Waals surface area contributed by atoms with Gasteiger partial charge in [-0.2, -0.15) is 0 Å². The van der Waals surface area contributed by atoms with Gasteiger partial charge < -0.3 is 15.0 Å². The van der Waals surface area contributed by atoms with Gasteiger partial charge in [-0.15, -0.1) is 0 Å². The number of nitrogens with zero attached hydrogens (tertiary/aromatic N) is 3. The lowest BCUT2D eigenvalue weighted by Gasteiger charge is -2.14. The highest BCUT2D eigenvalue weighted by atomic mass is 35.5. The third-order valence-electron chi connectivity index (χ3n) is 5.51. The number of rotatable bonds is 4. The maximum Gasteiger partial charge on any atom is 0.341 e. The summed E-state index contributed by atoms with van der Waals surface area (Å²) in [7, 11) is 0. The van der Waals surface area contributed by atoms with Gasteiger partial charge in [0.25, 0.3) is 0 Å². The molecule has 35 heavy (non-hydrogen) atoms. The number of halogens is 1. The summed E-state index contributed by atoms with van der Waals surface area (Å²) in [6.07, 6.45) is 4.53. The lowest BCUT2D eigenvalue weighted by atomic mass is 10.1. The first-order valence-electron chi connectivity index (χ1n) is 10.5. The lowest BCUT2D eigenvalue weighted by molar-refractivity contribution is 0.0695.